The molecule has 5 rings (SSSR count). The van der Waals surface area contributed by atoms with Crippen LogP contribution < -0.4 is 20.9 Å². The number of aromatic nitrogens is 5. The van der Waals surface area contributed by atoms with Crippen LogP contribution in [0.4, 0.5) is 23.0 Å². The largest absolute Gasteiger partial charge is 0.394 e. The second kappa shape index (κ2) is 10.8. The first-order valence-corrected chi connectivity index (χ1v) is 14.7. The highest BCUT2D eigenvalue weighted by atomic mass is 35.5. The van der Waals surface area contributed by atoms with Crippen LogP contribution in [0.25, 0.3) is 22.2 Å². The van der Waals surface area contributed by atoms with Crippen LogP contribution in [-0.4, -0.2) is 95.3 Å². The first-order chi connectivity index (χ1) is 19.0. The van der Waals surface area contributed by atoms with Crippen molar-refractivity contribution in [3.63, 3.8) is 0 Å². The molecule has 212 valence electrons. The van der Waals surface area contributed by atoms with Crippen LogP contribution in [-0.2, 0) is 16.6 Å². The van der Waals surface area contributed by atoms with Crippen LogP contribution in [0.5, 0.6) is 0 Å². The van der Waals surface area contributed by atoms with Gasteiger partial charge in [0.25, 0.3) is 0 Å². The molecule has 4 N–H and O–H groups in total. The van der Waals surface area contributed by atoms with E-state index in [9.17, 15) is 13.5 Å². The summed E-state index contributed by atoms with van der Waals surface area (Å²) >= 11 is 6.28. The van der Waals surface area contributed by atoms with Gasteiger partial charge in [0.05, 0.1) is 37.2 Å². The maximum Gasteiger partial charge on any atom is 0.211 e. The van der Waals surface area contributed by atoms with E-state index in [-0.39, 0.29) is 17.8 Å². The molecule has 3 aromatic heterocycles. The zero-order valence-corrected chi connectivity index (χ0v) is 24.1. The van der Waals surface area contributed by atoms with Crippen LogP contribution in [0, 0.1) is 0 Å². The number of fused-ring (bicyclic) bond motifs is 1. The van der Waals surface area contributed by atoms with E-state index in [1.54, 1.807) is 31.7 Å². The maximum atomic E-state index is 12.0. The van der Waals surface area contributed by atoms with Gasteiger partial charge in [-0.3, -0.25) is 4.68 Å². The lowest BCUT2D eigenvalue weighted by molar-refractivity contribution is 0.243. The summed E-state index contributed by atoms with van der Waals surface area (Å²) in [5, 5.41) is 18.7. The fraction of sp³-hybridized carbons (Fsp3) is 0.360. The lowest BCUT2D eigenvalue weighted by atomic mass is 10.00. The van der Waals surface area contributed by atoms with Crippen molar-refractivity contribution in [3.05, 3.63) is 48.0 Å². The van der Waals surface area contributed by atoms with E-state index in [1.807, 2.05) is 42.1 Å². The van der Waals surface area contributed by atoms with Gasteiger partial charge in [-0.05, 0) is 24.3 Å². The third kappa shape index (κ3) is 5.28. The second-order valence-electron chi connectivity index (χ2n) is 9.81. The molecule has 0 amide bonds. The van der Waals surface area contributed by atoms with E-state index in [1.165, 1.54) is 15.2 Å². The van der Waals surface area contributed by atoms with E-state index in [0.717, 1.165) is 22.1 Å². The van der Waals surface area contributed by atoms with Crippen LogP contribution in [0.15, 0.2) is 42.9 Å². The minimum absolute atomic E-state index is 0.0633. The van der Waals surface area contributed by atoms with Crippen LogP contribution >= 0.6 is 11.6 Å². The average Bonchev–Trinajstić information content (AvgIpc) is 3.27. The summed E-state index contributed by atoms with van der Waals surface area (Å²) in [5.74, 6) is 1.47. The number of likely N-dealkylation sites (N-methyl/N-ethyl adjacent to an activating group) is 1. The molecule has 0 spiro atoms. The van der Waals surface area contributed by atoms with Gasteiger partial charge in [0, 0.05) is 68.4 Å². The number of benzene rings is 1. The Labute approximate surface area is 237 Å². The number of hydrogen-bond acceptors (Lipinski definition) is 11. The van der Waals surface area contributed by atoms with Crippen molar-refractivity contribution in [1.82, 2.24) is 29.0 Å². The third-order valence-electron chi connectivity index (χ3n) is 6.97. The van der Waals surface area contributed by atoms with E-state index >= 15 is 0 Å². The Balaban J connectivity index is 1.45. The predicted octanol–water partition coefficient (Wildman–Crippen LogP) is 1.71. The van der Waals surface area contributed by atoms with Crippen LogP contribution in [0.1, 0.15) is 0 Å². The highest BCUT2D eigenvalue weighted by Crippen LogP contribution is 2.38. The van der Waals surface area contributed by atoms with Gasteiger partial charge in [0.2, 0.25) is 10.0 Å². The molecule has 0 bridgehead atoms. The highest BCUT2D eigenvalue weighted by Gasteiger charge is 2.42. The number of hydrogen-bond donors (Lipinski definition) is 3. The molecule has 4 aromatic rings. The summed E-state index contributed by atoms with van der Waals surface area (Å²) in [4.78, 5) is 17.5. The molecule has 1 aliphatic heterocycles. The predicted molar refractivity (Wildman–Crippen MR) is 156 cm³/mol. The lowest BCUT2D eigenvalue weighted by Crippen LogP contribution is -2.70. The molecule has 1 fully saturated rings. The Kier molecular flexibility index (Phi) is 7.54. The summed E-state index contributed by atoms with van der Waals surface area (Å²) in [5.41, 5.74) is 8.85. The summed E-state index contributed by atoms with van der Waals surface area (Å²) < 4.78 is 26.9. The van der Waals surface area contributed by atoms with E-state index in [2.05, 4.69) is 25.4 Å². The fourth-order valence-corrected chi connectivity index (χ4v) is 5.62. The number of nitrogens with one attached hydrogen (secondary N) is 1. The summed E-state index contributed by atoms with van der Waals surface area (Å²) in [6.07, 6.45) is 5.78. The molecule has 2 atom stereocenters. The molecular weight excluding hydrogens is 556 g/mol. The van der Waals surface area contributed by atoms with Crippen molar-refractivity contribution in [1.29, 1.82) is 0 Å². The van der Waals surface area contributed by atoms with Crippen LogP contribution in [0.3, 0.4) is 0 Å². The Morgan fingerprint density at radius 2 is 1.95 bits per heavy atom. The van der Waals surface area contributed by atoms with E-state index < -0.39 is 16.2 Å². The number of sulfonamides is 1. The number of rotatable bonds is 9. The number of halogens is 1. The summed E-state index contributed by atoms with van der Waals surface area (Å²) in [7, 11) is 2.13. The normalized spacial score (nSPS) is 17.4. The zero-order chi connectivity index (χ0) is 28.8. The molecule has 0 radical (unpaired) electrons. The standard InChI is InChI=1S/C25H31ClN10O3S/c1-33(2)18-5-6-19(36-14-20(24(36)27)34(3)40(4,38)39)16-12-29-22(11-15(16)18)30-21-7-8-28-25(31-21)17-13-35(9-10-37)32-23(17)26/h5-8,11-13,20,24,37H,9-10,14,27H2,1-4H3,(H,28,29,30,31)/t20-,24-/m0/s1. The molecule has 0 saturated carbocycles. The first kappa shape index (κ1) is 28.0. The first-order valence-electron chi connectivity index (χ1n) is 12.5. The van der Waals surface area contributed by atoms with Crippen molar-refractivity contribution in [2.24, 2.45) is 5.73 Å². The van der Waals surface area contributed by atoms with Gasteiger partial charge in [0.1, 0.15) is 11.6 Å². The lowest BCUT2D eigenvalue weighted by Gasteiger charge is -2.50. The Morgan fingerprint density at radius 1 is 1.18 bits per heavy atom. The van der Waals surface area contributed by atoms with Crippen molar-refractivity contribution >= 4 is 55.4 Å². The van der Waals surface area contributed by atoms with E-state index in [4.69, 9.17) is 17.3 Å². The van der Waals surface area contributed by atoms with Crippen molar-refractivity contribution in [2.45, 2.75) is 18.8 Å². The zero-order valence-electron chi connectivity index (χ0n) is 22.5. The van der Waals surface area contributed by atoms with Gasteiger partial charge in [0.15, 0.2) is 11.0 Å². The highest BCUT2D eigenvalue weighted by molar-refractivity contribution is 7.88. The van der Waals surface area contributed by atoms with Gasteiger partial charge in [-0.15, -0.1) is 0 Å². The monoisotopic (exact) mass is 586 g/mol. The Morgan fingerprint density at radius 3 is 2.62 bits per heavy atom. The van der Waals surface area contributed by atoms with Gasteiger partial charge in [-0.2, -0.15) is 9.40 Å². The van der Waals surface area contributed by atoms with E-state index in [0.29, 0.717) is 36.1 Å². The van der Waals surface area contributed by atoms with Gasteiger partial charge in [-0.25, -0.2) is 23.4 Å². The van der Waals surface area contributed by atoms with Gasteiger partial charge >= 0.3 is 0 Å². The number of anilines is 4. The maximum absolute atomic E-state index is 12.0. The SMILES string of the molecule is CN(C)c1ccc(N2C[C@H](N(C)S(C)(=O)=O)[C@H]2N)c2cnc(Nc3ccnc(-c4cn(CCO)nc4Cl)n3)cc12. The van der Waals surface area contributed by atoms with Crippen molar-refractivity contribution in [3.8, 4) is 11.4 Å². The molecule has 1 aromatic carbocycles. The molecule has 1 saturated heterocycles. The topological polar surface area (TPSA) is 159 Å². The van der Waals surface area contributed by atoms with Crippen LogP contribution in [0.2, 0.25) is 5.15 Å². The molecule has 1 aliphatic rings. The molecular formula is C25H31ClN10O3S. The number of nitrogens with zero attached hydrogens (tertiary/aromatic N) is 8. The molecule has 13 nitrogen and oxygen atoms in total. The third-order valence-corrected chi connectivity index (χ3v) is 8.57. The number of pyridine rings is 1. The van der Waals surface area contributed by atoms with Crippen molar-refractivity contribution in [2.75, 3.05) is 55.7 Å². The summed E-state index contributed by atoms with van der Waals surface area (Å²) in [6, 6.07) is 7.34. The van der Waals surface area contributed by atoms with Gasteiger partial charge < -0.3 is 26.0 Å². The molecule has 0 unspecified atom stereocenters. The number of aliphatic hydroxyl groups excluding tert-OH is 1. The van der Waals surface area contributed by atoms with Gasteiger partial charge in [-0.1, -0.05) is 11.6 Å². The Hall–Kier alpha value is -3.56. The average molecular weight is 587 g/mol. The summed E-state index contributed by atoms with van der Waals surface area (Å²) in [6.45, 7) is 0.723. The smallest absolute Gasteiger partial charge is 0.211 e. The molecule has 4 heterocycles. The Bertz CT molecular complexity index is 1660. The molecule has 0 aliphatic carbocycles. The molecule has 15 heteroatoms. The minimum atomic E-state index is -3.36. The second-order valence-corrected chi connectivity index (χ2v) is 12.2. The van der Waals surface area contributed by atoms with Crippen molar-refractivity contribution < 1.29 is 13.5 Å². The fourth-order valence-electron chi connectivity index (χ4n) is 4.71. The quantitative estimate of drug-likeness (QED) is 0.262. The number of nitrogens with two attached hydrogens (primary N) is 1. The molecule has 40 heavy (non-hydrogen) atoms. The minimum Gasteiger partial charge on any atom is -0.394 e. The number of aliphatic hydroxyl groups is 1.